The molecule has 6 N–H and O–H groups in total. The van der Waals surface area contributed by atoms with Gasteiger partial charge in [-0.3, -0.25) is 0 Å². The number of hydrogen-bond donors (Lipinski definition) is 6. The maximum Gasteiger partial charge on any atom is 0.274 e. The fourth-order valence-corrected chi connectivity index (χ4v) is 4.42. The van der Waals surface area contributed by atoms with E-state index in [9.17, 15) is 30.6 Å². The maximum absolute atomic E-state index is 10.2. The van der Waals surface area contributed by atoms with Gasteiger partial charge in [0.1, 0.15) is 0 Å². The Balaban J connectivity index is 2.49. The van der Waals surface area contributed by atoms with Crippen LogP contribution in [-0.4, -0.2) is 48.0 Å². The molecule has 0 radical (unpaired) electrons. The van der Waals surface area contributed by atoms with Crippen molar-refractivity contribution in [2.24, 2.45) is 0 Å². The van der Waals surface area contributed by atoms with Gasteiger partial charge >= 0.3 is 0 Å². The van der Waals surface area contributed by atoms with Crippen molar-refractivity contribution in [3.05, 3.63) is 0 Å². The normalized spacial score (nSPS) is 27.0. The maximum atomic E-state index is 10.2. The molecule has 0 atom stereocenters. The summed E-state index contributed by atoms with van der Waals surface area (Å²) in [6, 6.07) is 0. The lowest BCUT2D eigenvalue weighted by atomic mass is 9.88. The van der Waals surface area contributed by atoms with Crippen LogP contribution in [0.5, 0.6) is 0 Å². The minimum absolute atomic E-state index is 0.317. The summed E-state index contributed by atoms with van der Waals surface area (Å²) >= 11 is 0. The van der Waals surface area contributed by atoms with Crippen LogP contribution in [0.1, 0.15) is 135 Å². The third-order valence-corrected chi connectivity index (χ3v) is 6.67. The quantitative estimate of drug-likeness (QED) is 0.319. The summed E-state index contributed by atoms with van der Waals surface area (Å²) in [6.07, 6.45) is 19.7. The molecule has 1 aliphatic rings. The minimum Gasteiger partial charge on any atom is -0.361 e. The third-order valence-electron chi connectivity index (χ3n) is 6.67. The topological polar surface area (TPSA) is 121 Å². The van der Waals surface area contributed by atoms with E-state index in [1.165, 1.54) is 70.6 Å². The molecule has 1 saturated carbocycles. The highest BCUT2D eigenvalue weighted by atomic mass is 16.7. The van der Waals surface area contributed by atoms with Crippen LogP contribution in [0.15, 0.2) is 0 Å². The van der Waals surface area contributed by atoms with Crippen molar-refractivity contribution in [3.63, 3.8) is 0 Å². The average Bonchev–Trinajstić information content (AvgIpc) is 2.68. The molecule has 0 aromatic rings. The number of rotatable bonds is 0. The van der Waals surface area contributed by atoms with Gasteiger partial charge in [0.05, 0.1) is 0 Å². The fourth-order valence-electron chi connectivity index (χ4n) is 4.42. The molecule has 1 rings (SSSR count). The van der Waals surface area contributed by atoms with E-state index in [4.69, 9.17) is 0 Å². The highest BCUT2D eigenvalue weighted by Gasteiger charge is 2.60. The summed E-state index contributed by atoms with van der Waals surface area (Å²) in [6.45, 7) is 0. The molecule has 6 nitrogen and oxygen atoms in total. The smallest absolute Gasteiger partial charge is 0.274 e. The molecule has 0 bridgehead atoms. The molecule has 0 aliphatic heterocycles. The second-order valence-corrected chi connectivity index (χ2v) is 9.52. The van der Waals surface area contributed by atoms with Gasteiger partial charge in [0.2, 0.25) is 11.6 Å². The van der Waals surface area contributed by atoms with E-state index in [-0.39, 0.29) is 12.8 Å². The van der Waals surface area contributed by atoms with Crippen molar-refractivity contribution in [2.45, 2.75) is 152 Å². The number of hydrogen-bond acceptors (Lipinski definition) is 6. The Kier molecular flexibility index (Phi) is 13.7. The van der Waals surface area contributed by atoms with Crippen LogP contribution in [-0.2, 0) is 0 Å². The Morgan fingerprint density at radius 2 is 0.433 bits per heavy atom. The zero-order valence-corrected chi connectivity index (χ0v) is 19.0. The summed E-state index contributed by atoms with van der Waals surface area (Å²) in [4.78, 5) is 0. The highest BCUT2D eigenvalue weighted by Crippen LogP contribution is 2.35. The van der Waals surface area contributed by atoms with E-state index in [1.54, 1.807) is 0 Å². The first-order chi connectivity index (χ1) is 14.2. The summed E-state index contributed by atoms with van der Waals surface area (Å²) in [5.74, 6) is -9.33. The minimum atomic E-state index is -3.40. The molecule has 0 amide bonds. The van der Waals surface area contributed by atoms with Crippen molar-refractivity contribution in [3.8, 4) is 0 Å². The predicted molar refractivity (Wildman–Crippen MR) is 118 cm³/mol. The van der Waals surface area contributed by atoms with Crippen molar-refractivity contribution in [1.29, 1.82) is 0 Å². The van der Waals surface area contributed by atoms with Gasteiger partial charge in [-0.2, -0.15) is 0 Å². The Hall–Kier alpha value is -0.240. The van der Waals surface area contributed by atoms with Gasteiger partial charge in [-0.05, 0) is 12.8 Å². The first kappa shape index (κ1) is 27.8. The van der Waals surface area contributed by atoms with Crippen LogP contribution >= 0.6 is 0 Å². The number of aliphatic hydroxyl groups is 6. The molecule has 0 saturated heterocycles. The molecule has 0 aromatic heterocycles. The average molecular weight is 433 g/mol. The van der Waals surface area contributed by atoms with E-state index in [0.717, 1.165) is 38.5 Å². The monoisotopic (exact) mass is 432 g/mol. The molecule has 0 spiro atoms. The molecule has 180 valence electrons. The lowest BCUT2D eigenvalue weighted by Gasteiger charge is -2.43. The van der Waals surface area contributed by atoms with Crippen LogP contribution < -0.4 is 0 Å². The Morgan fingerprint density at radius 1 is 0.267 bits per heavy atom. The second kappa shape index (κ2) is 14.8. The molecule has 1 fully saturated rings. The first-order valence-corrected chi connectivity index (χ1v) is 12.5. The van der Waals surface area contributed by atoms with Crippen molar-refractivity contribution in [2.75, 3.05) is 0 Å². The van der Waals surface area contributed by atoms with Gasteiger partial charge in [-0.1, -0.05) is 109 Å². The van der Waals surface area contributed by atoms with E-state index in [2.05, 4.69) is 0 Å². The lowest BCUT2D eigenvalue weighted by Crippen LogP contribution is -2.68. The predicted octanol–water partition coefficient (Wildman–Crippen LogP) is 4.23. The lowest BCUT2D eigenvalue weighted by molar-refractivity contribution is -0.454. The van der Waals surface area contributed by atoms with Crippen LogP contribution in [0.3, 0.4) is 0 Å². The Labute approximate surface area is 183 Å². The zero-order chi connectivity index (χ0) is 22.3. The van der Waals surface area contributed by atoms with Crippen LogP contribution in [0.25, 0.3) is 0 Å². The SMILES string of the molecule is OC1(O)CCCCCCCCCCCCCCCCCCCCCC(O)(O)C1(O)O. The van der Waals surface area contributed by atoms with Gasteiger partial charge in [0, 0.05) is 12.8 Å². The van der Waals surface area contributed by atoms with Gasteiger partial charge in [-0.15, -0.1) is 0 Å². The first-order valence-electron chi connectivity index (χ1n) is 12.5. The molecular weight excluding hydrogens is 384 g/mol. The second-order valence-electron chi connectivity index (χ2n) is 9.52. The molecule has 0 unspecified atom stereocenters. The molecular formula is C24H48O6. The van der Waals surface area contributed by atoms with Crippen LogP contribution in [0.2, 0.25) is 0 Å². The molecule has 6 heteroatoms. The van der Waals surface area contributed by atoms with Crippen molar-refractivity contribution in [1.82, 2.24) is 0 Å². The van der Waals surface area contributed by atoms with Gasteiger partial charge < -0.3 is 30.6 Å². The Bertz CT molecular complexity index is 386. The van der Waals surface area contributed by atoms with Crippen molar-refractivity contribution < 1.29 is 30.6 Å². The van der Waals surface area contributed by atoms with Crippen molar-refractivity contribution >= 4 is 0 Å². The summed E-state index contributed by atoms with van der Waals surface area (Å²) in [5, 5.41) is 60.9. The van der Waals surface area contributed by atoms with Crippen LogP contribution in [0.4, 0.5) is 0 Å². The van der Waals surface area contributed by atoms with E-state index in [0.29, 0.717) is 12.8 Å². The largest absolute Gasteiger partial charge is 0.361 e. The van der Waals surface area contributed by atoms with E-state index < -0.39 is 17.4 Å². The third kappa shape index (κ3) is 10.4. The summed E-state index contributed by atoms with van der Waals surface area (Å²) in [7, 11) is 0. The summed E-state index contributed by atoms with van der Waals surface area (Å²) in [5.41, 5.74) is 0. The van der Waals surface area contributed by atoms with E-state index in [1.807, 2.05) is 0 Å². The fraction of sp³-hybridized carbons (Fsp3) is 1.00. The summed E-state index contributed by atoms with van der Waals surface area (Å²) < 4.78 is 0. The Morgan fingerprint density at radius 3 is 0.633 bits per heavy atom. The zero-order valence-electron chi connectivity index (χ0n) is 19.0. The van der Waals surface area contributed by atoms with Gasteiger partial charge in [0.15, 0.2) is 0 Å². The molecule has 0 aromatic carbocycles. The molecule has 1 aliphatic carbocycles. The van der Waals surface area contributed by atoms with Gasteiger partial charge in [0.25, 0.3) is 5.79 Å². The standard InChI is InChI=1S/C24H48O6/c25-22(26)20-18-16-14-12-10-8-6-4-2-1-3-5-7-9-11-13-15-17-19-21-23(27,28)24(22,29)30/h25-30H,1-21H2. The van der Waals surface area contributed by atoms with Crippen LogP contribution in [0, 0.1) is 0 Å². The van der Waals surface area contributed by atoms with E-state index >= 15 is 0 Å². The van der Waals surface area contributed by atoms with Gasteiger partial charge in [-0.25, -0.2) is 0 Å². The molecule has 0 heterocycles. The highest BCUT2D eigenvalue weighted by molar-refractivity contribution is 4.93. The molecule has 30 heavy (non-hydrogen) atoms.